The molecule has 3 nitrogen and oxygen atoms in total. The molecule has 2 fully saturated rings. The molecule has 2 atom stereocenters. The standard InChI is InChI=1S/C21H33NO2/c1-21(2,3)18-10-7-17(8-11-18)9-12-20-23-16-19(24-20)15-22-13-5-4-6-14-22/h7-8,10-11,19-20H,4-6,9,12-16H2,1-3H3/t19-,20-/m1/s1. The highest BCUT2D eigenvalue weighted by Crippen LogP contribution is 2.23. The lowest BCUT2D eigenvalue weighted by molar-refractivity contribution is -0.0660. The minimum atomic E-state index is -0.0258. The quantitative estimate of drug-likeness (QED) is 0.809. The van der Waals surface area contributed by atoms with E-state index < -0.39 is 0 Å². The third-order valence-electron chi connectivity index (χ3n) is 5.21. The maximum atomic E-state index is 6.10. The van der Waals surface area contributed by atoms with Crippen molar-refractivity contribution in [2.45, 2.75) is 70.7 Å². The Morgan fingerprint density at radius 1 is 1.04 bits per heavy atom. The van der Waals surface area contributed by atoms with Crippen LogP contribution in [0.5, 0.6) is 0 Å². The zero-order valence-corrected chi connectivity index (χ0v) is 15.6. The van der Waals surface area contributed by atoms with Crippen LogP contribution < -0.4 is 0 Å². The molecule has 1 aromatic carbocycles. The summed E-state index contributed by atoms with van der Waals surface area (Å²) < 4.78 is 12.0. The van der Waals surface area contributed by atoms with Crippen LogP contribution in [-0.2, 0) is 21.3 Å². The Hall–Kier alpha value is -0.900. The van der Waals surface area contributed by atoms with Gasteiger partial charge in [-0.25, -0.2) is 0 Å². The van der Waals surface area contributed by atoms with Crippen LogP contribution >= 0.6 is 0 Å². The highest BCUT2D eigenvalue weighted by atomic mass is 16.7. The topological polar surface area (TPSA) is 21.7 Å². The van der Waals surface area contributed by atoms with E-state index in [1.54, 1.807) is 0 Å². The lowest BCUT2D eigenvalue weighted by Crippen LogP contribution is -2.37. The maximum absolute atomic E-state index is 6.10. The largest absolute Gasteiger partial charge is 0.350 e. The first kappa shape index (κ1) is 17.9. The normalized spacial score (nSPS) is 26.0. The van der Waals surface area contributed by atoms with Gasteiger partial charge in [0.15, 0.2) is 6.29 Å². The van der Waals surface area contributed by atoms with E-state index in [-0.39, 0.29) is 17.8 Å². The van der Waals surface area contributed by atoms with Gasteiger partial charge in [0.25, 0.3) is 0 Å². The summed E-state index contributed by atoms with van der Waals surface area (Å²) in [5.74, 6) is 0. The van der Waals surface area contributed by atoms with Gasteiger partial charge >= 0.3 is 0 Å². The van der Waals surface area contributed by atoms with Gasteiger partial charge in [0.2, 0.25) is 0 Å². The number of hydrogen-bond donors (Lipinski definition) is 0. The van der Waals surface area contributed by atoms with Crippen molar-refractivity contribution in [3.8, 4) is 0 Å². The van der Waals surface area contributed by atoms with Gasteiger partial charge in [0.1, 0.15) is 0 Å². The van der Waals surface area contributed by atoms with Gasteiger partial charge in [-0.3, -0.25) is 0 Å². The second kappa shape index (κ2) is 7.99. The summed E-state index contributed by atoms with van der Waals surface area (Å²) in [5.41, 5.74) is 2.98. The van der Waals surface area contributed by atoms with Crippen molar-refractivity contribution in [2.75, 3.05) is 26.2 Å². The van der Waals surface area contributed by atoms with Crippen LogP contribution in [0, 0.1) is 0 Å². The molecule has 0 spiro atoms. The van der Waals surface area contributed by atoms with Crippen LogP contribution in [0.25, 0.3) is 0 Å². The second-order valence-corrected chi connectivity index (χ2v) is 8.37. The second-order valence-electron chi connectivity index (χ2n) is 8.37. The van der Waals surface area contributed by atoms with Gasteiger partial charge in [-0.05, 0) is 48.9 Å². The molecule has 0 unspecified atom stereocenters. The minimum Gasteiger partial charge on any atom is -0.350 e. The van der Waals surface area contributed by atoms with Crippen molar-refractivity contribution in [3.05, 3.63) is 35.4 Å². The van der Waals surface area contributed by atoms with E-state index >= 15 is 0 Å². The molecular weight excluding hydrogens is 298 g/mol. The molecule has 24 heavy (non-hydrogen) atoms. The van der Waals surface area contributed by atoms with Gasteiger partial charge in [0.05, 0.1) is 12.7 Å². The third-order valence-corrected chi connectivity index (χ3v) is 5.21. The SMILES string of the molecule is CC(C)(C)c1ccc(CC[C@@H]2OC[C@@H](CN3CCCCC3)O2)cc1. The van der Waals surface area contributed by atoms with Gasteiger partial charge in [-0.2, -0.15) is 0 Å². The van der Waals surface area contributed by atoms with E-state index in [0.29, 0.717) is 0 Å². The molecule has 0 radical (unpaired) electrons. The average Bonchev–Trinajstić information content (AvgIpc) is 3.01. The number of likely N-dealkylation sites (tertiary alicyclic amines) is 1. The van der Waals surface area contributed by atoms with Gasteiger partial charge in [-0.1, -0.05) is 51.5 Å². The fraction of sp³-hybridized carbons (Fsp3) is 0.714. The molecule has 2 saturated heterocycles. The first-order chi connectivity index (χ1) is 11.5. The number of ether oxygens (including phenoxy) is 2. The van der Waals surface area contributed by atoms with Crippen LogP contribution in [0.1, 0.15) is 57.6 Å². The summed E-state index contributed by atoms with van der Waals surface area (Å²) in [4.78, 5) is 2.53. The van der Waals surface area contributed by atoms with Gasteiger partial charge in [0, 0.05) is 13.0 Å². The van der Waals surface area contributed by atoms with Crippen LogP contribution in [-0.4, -0.2) is 43.5 Å². The number of nitrogens with zero attached hydrogens (tertiary/aromatic N) is 1. The predicted molar refractivity (Wildman–Crippen MR) is 98.4 cm³/mol. The highest BCUT2D eigenvalue weighted by Gasteiger charge is 2.27. The fourth-order valence-electron chi connectivity index (χ4n) is 3.64. The Kier molecular flexibility index (Phi) is 5.96. The zero-order valence-electron chi connectivity index (χ0n) is 15.6. The third kappa shape index (κ3) is 5.05. The minimum absolute atomic E-state index is 0.0258. The highest BCUT2D eigenvalue weighted by molar-refractivity contribution is 5.27. The van der Waals surface area contributed by atoms with E-state index in [0.717, 1.165) is 26.0 Å². The van der Waals surface area contributed by atoms with Crippen LogP contribution in [0.15, 0.2) is 24.3 Å². The summed E-state index contributed by atoms with van der Waals surface area (Å²) in [7, 11) is 0. The molecule has 2 aliphatic heterocycles. The zero-order chi connectivity index (χ0) is 17.0. The number of rotatable bonds is 5. The molecule has 2 heterocycles. The van der Waals surface area contributed by atoms with Gasteiger partial charge in [-0.15, -0.1) is 0 Å². The lowest BCUT2D eigenvalue weighted by atomic mass is 9.86. The van der Waals surface area contributed by atoms with Crippen molar-refractivity contribution in [1.29, 1.82) is 0 Å². The van der Waals surface area contributed by atoms with E-state index in [9.17, 15) is 0 Å². The molecule has 0 N–H and O–H groups in total. The molecule has 0 amide bonds. The van der Waals surface area contributed by atoms with Crippen molar-refractivity contribution in [1.82, 2.24) is 4.90 Å². The fourth-order valence-corrected chi connectivity index (χ4v) is 3.64. The Bertz CT molecular complexity index is 500. The molecule has 3 heteroatoms. The number of benzene rings is 1. The van der Waals surface area contributed by atoms with Crippen molar-refractivity contribution >= 4 is 0 Å². The summed E-state index contributed by atoms with van der Waals surface area (Å²) in [6, 6.07) is 9.01. The smallest absolute Gasteiger partial charge is 0.158 e. The Morgan fingerprint density at radius 3 is 2.42 bits per heavy atom. The average molecular weight is 332 g/mol. The molecule has 0 bridgehead atoms. The molecule has 1 aromatic rings. The molecule has 0 aliphatic carbocycles. The summed E-state index contributed by atoms with van der Waals surface area (Å²) in [5, 5.41) is 0. The Morgan fingerprint density at radius 2 is 1.75 bits per heavy atom. The van der Waals surface area contributed by atoms with E-state index in [4.69, 9.17) is 9.47 Å². The summed E-state index contributed by atoms with van der Waals surface area (Å²) in [6.07, 6.45) is 6.26. The number of hydrogen-bond acceptors (Lipinski definition) is 3. The van der Waals surface area contributed by atoms with Crippen LogP contribution in [0.3, 0.4) is 0 Å². The molecule has 3 rings (SSSR count). The first-order valence-corrected chi connectivity index (χ1v) is 9.59. The van der Waals surface area contributed by atoms with Crippen molar-refractivity contribution < 1.29 is 9.47 Å². The summed E-state index contributed by atoms with van der Waals surface area (Å²) >= 11 is 0. The summed E-state index contributed by atoms with van der Waals surface area (Å²) in [6.45, 7) is 11.0. The molecular formula is C21H33NO2. The Labute approximate surface area is 147 Å². The molecule has 134 valence electrons. The lowest BCUT2D eigenvalue weighted by Gasteiger charge is -2.28. The van der Waals surface area contributed by atoms with E-state index in [2.05, 4.69) is 49.9 Å². The van der Waals surface area contributed by atoms with Crippen molar-refractivity contribution in [2.24, 2.45) is 0 Å². The number of piperidine rings is 1. The van der Waals surface area contributed by atoms with Gasteiger partial charge < -0.3 is 14.4 Å². The van der Waals surface area contributed by atoms with Crippen molar-refractivity contribution in [3.63, 3.8) is 0 Å². The monoisotopic (exact) mass is 331 g/mol. The van der Waals surface area contributed by atoms with E-state index in [1.807, 2.05) is 0 Å². The molecule has 0 saturated carbocycles. The molecule has 2 aliphatic rings. The Balaban J connectivity index is 1.41. The van der Waals surface area contributed by atoms with E-state index in [1.165, 1.54) is 43.5 Å². The first-order valence-electron chi connectivity index (χ1n) is 9.59. The maximum Gasteiger partial charge on any atom is 0.158 e. The predicted octanol–water partition coefficient (Wildman–Crippen LogP) is 4.14. The van der Waals surface area contributed by atoms with Crippen LogP contribution in [0.4, 0.5) is 0 Å². The molecule has 0 aromatic heterocycles. The number of aryl methyl sites for hydroxylation is 1. The van der Waals surface area contributed by atoms with Crippen LogP contribution in [0.2, 0.25) is 0 Å².